The molecule has 0 aliphatic carbocycles. The Morgan fingerprint density at radius 1 is 1.17 bits per heavy atom. The van der Waals surface area contributed by atoms with Gasteiger partial charge in [-0.25, -0.2) is 4.79 Å². The largest absolute Gasteiger partial charge is 0.432 e. The Balaban J connectivity index is 2.07. The molecule has 0 spiro atoms. The highest BCUT2D eigenvalue weighted by Gasteiger charge is 2.65. The highest BCUT2D eigenvalue weighted by molar-refractivity contribution is 6.73. The van der Waals surface area contributed by atoms with Crippen molar-refractivity contribution < 1.29 is 23.2 Å². The minimum atomic E-state index is -2.86. The van der Waals surface area contributed by atoms with Gasteiger partial charge in [0.05, 0.1) is 24.4 Å². The Bertz CT molecular complexity index is 1200. The average molecular weight is 613 g/mol. The van der Waals surface area contributed by atoms with E-state index < -0.39 is 45.4 Å². The Hall–Kier alpha value is -1.62. The second-order valence-electron chi connectivity index (χ2n) is 14.8. The topological polar surface area (TPSA) is 158 Å². The smallest absolute Gasteiger partial charge is 0.349 e. The Labute approximate surface area is 245 Å². The number of H-pyrrole nitrogens is 1. The maximum atomic E-state index is 13.3. The lowest BCUT2D eigenvalue weighted by Gasteiger charge is -2.54. The first-order chi connectivity index (χ1) is 18.6. The number of nitrogens with one attached hydrogen (secondary N) is 2. The van der Waals surface area contributed by atoms with Gasteiger partial charge in [-0.05, 0) is 24.6 Å². The van der Waals surface area contributed by atoms with E-state index in [0.717, 1.165) is 0 Å². The lowest BCUT2D eigenvalue weighted by molar-refractivity contribution is -0.121. The van der Waals surface area contributed by atoms with E-state index in [1.54, 1.807) is 0 Å². The van der Waals surface area contributed by atoms with E-state index in [1.165, 1.54) is 10.8 Å². The summed E-state index contributed by atoms with van der Waals surface area (Å²) in [4.78, 5) is 51.8. The molecule has 13 heteroatoms. The summed E-state index contributed by atoms with van der Waals surface area (Å²) in [5.41, 5.74) is 4.65. The van der Waals surface area contributed by atoms with Gasteiger partial charge in [0, 0.05) is 48.2 Å². The van der Waals surface area contributed by atoms with Gasteiger partial charge < -0.3 is 29.4 Å². The lowest BCUT2D eigenvalue weighted by atomic mass is 9.85. The van der Waals surface area contributed by atoms with Crippen molar-refractivity contribution in [1.82, 2.24) is 14.9 Å². The predicted octanol–water partition coefficient (Wildman–Crippen LogP) is 2.88. The monoisotopic (exact) mass is 612 g/mol. The number of fused-ring (bicyclic) bond motifs is 1. The molecule has 0 radical (unpaired) electrons. The molecule has 1 unspecified atom stereocenters. The first kappa shape index (κ1) is 33.9. The molecular weight excluding hydrogens is 561 g/mol. The van der Waals surface area contributed by atoms with Gasteiger partial charge in [0.15, 0.2) is 8.32 Å². The minimum absolute atomic E-state index is 0.0607. The van der Waals surface area contributed by atoms with Crippen molar-refractivity contribution in [3.8, 4) is 0 Å². The first-order valence-electron chi connectivity index (χ1n) is 14.7. The summed E-state index contributed by atoms with van der Waals surface area (Å²) in [6, 6.07) is 0. The molecule has 1 aromatic heterocycles. The van der Waals surface area contributed by atoms with Crippen molar-refractivity contribution in [2.45, 2.75) is 121 Å². The second-order valence-corrected chi connectivity index (χ2v) is 24.1. The van der Waals surface area contributed by atoms with Gasteiger partial charge in [-0.2, -0.15) is 0 Å². The fraction of sp³-hybridized carbons (Fsp3) is 0.821. The van der Waals surface area contributed by atoms with Crippen molar-refractivity contribution in [2.24, 2.45) is 11.7 Å². The number of aryl methyl sites for hydroxylation is 1. The summed E-state index contributed by atoms with van der Waals surface area (Å²) in [6.45, 7) is 22.0. The van der Waals surface area contributed by atoms with E-state index in [2.05, 4.69) is 65.7 Å². The standard InChI is InChI=1S/C28H52N4O7Si2/c1-26(2,3)41(27(4,5)6)37-17-20-23(39-41)18(15-28(7,8)40(9,10)36)22(38-20)19-16-32(25(35)31-24(19)34)14-11-21(33)30-13-12-29/h16,18,20,22-23,36H,11-15,17,29H2,1-10H3,(H,30,33)(H,31,34,35)/t18-,20-,22-,23?/m1/s1. The van der Waals surface area contributed by atoms with Crippen LogP contribution in [0.1, 0.15) is 79.9 Å². The molecule has 4 atom stereocenters. The van der Waals surface area contributed by atoms with Gasteiger partial charge in [0.2, 0.25) is 5.91 Å². The molecule has 5 N–H and O–H groups in total. The molecule has 234 valence electrons. The highest BCUT2D eigenvalue weighted by atomic mass is 28.4. The van der Waals surface area contributed by atoms with Gasteiger partial charge in [-0.1, -0.05) is 55.4 Å². The maximum Gasteiger partial charge on any atom is 0.349 e. The number of amides is 1. The van der Waals surface area contributed by atoms with Gasteiger partial charge in [-0.15, -0.1) is 0 Å². The van der Waals surface area contributed by atoms with E-state index in [9.17, 15) is 19.2 Å². The third kappa shape index (κ3) is 6.81. The second kappa shape index (κ2) is 11.8. The van der Waals surface area contributed by atoms with E-state index in [0.29, 0.717) is 31.7 Å². The van der Waals surface area contributed by atoms with Crippen LogP contribution < -0.4 is 22.3 Å². The molecule has 11 nitrogen and oxygen atoms in total. The number of aromatic amines is 1. The molecule has 0 aromatic carbocycles. The summed E-state index contributed by atoms with van der Waals surface area (Å²) in [6.07, 6.45) is 0.696. The van der Waals surface area contributed by atoms with Crippen LogP contribution >= 0.6 is 0 Å². The van der Waals surface area contributed by atoms with Gasteiger partial charge in [0.1, 0.15) is 6.10 Å². The Morgan fingerprint density at radius 2 is 1.78 bits per heavy atom. The van der Waals surface area contributed by atoms with Gasteiger partial charge in [-0.3, -0.25) is 19.1 Å². The summed E-state index contributed by atoms with van der Waals surface area (Å²) >= 11 is 0. The normalized spacial score (nSPS) is 25.2. The molecular formula is C28H52N4O7Si2. The van der Waals surface area contributed by atoms with Crippen LogP contribution in [-0.2, 0) is 24.9 Å². The average Bonchev–Trinajstić information content (AvgIpc) is 3.16. The Morgan fingerprint density at radius 3 is 2.32 bits per heavy atom. The van der Waals surface area contributed by atoms with E-state index >= 15 is 0 Å². The minimum Gasteiger partial charge on any atom is -0.432 e. The molecule has 2 aliphatic heterocycles. The first-order valence-corrected chi connectivity index (χ1v) is 19.4. The fourth-order valence-corrected chi connectivity index (χ4v) is 12.0. The van der Waals surface area contributed by atoms with Crippen LogP contribution in [0.25, 0.3) is 0 Å². The Kier molecular flexibility index (Phi) is 9.76. The number of hydrogen-bond acceptors (Lipinski definition) is 8. The third-order valence-corrected chi connectivity index (χ3v) is 17.7. The molecule has 2 fully saturated rings. The summed E-state index contributed by atoms with van der Waals surface area (Å²) in [5, 5.41) is 1.79. The van der Waals surface area contributed by atoms with Crippen molar-refractivity contribution in [2.75, 3.05) is 19.7 Å². The number of aromatic nitrogens is 2. The zero-order chi connectivity index (χ0) is 31.2. The summed E-state index contributed by atoms with van der Waals surface area (Å²) < 4.78 is 21.7. The number of ether oxygens (including phenoxy) is 1. The van der Waals surface area contributed by atoms with Gasteiger partial charge in [0.25, 0.3) is 5.56 Å². The molecule has 1 aromatic rings. The molecule has 2 saturated heterocycles. The maximum absolute atomic E-state index is 13.3. The molecule has 0 saturated carbocycles. The summed E-state index contributed by atoms with van der Waals surface area (Å²) in [7, 11) is -5.50. The van der Waals surface area contributed by atoms with E-state index in [1.807, 2.05) is 13.1 Å². The van der Waals surface area contributed by atoms with Crippen LogP contribution in [0, 0.1) is 5.92 Å². The van der Waals surface area contributed by atoms with E-state index in [-0.39, 0.29) is 41.0 Å². The number of nitrogens with zero attached hydrogens (tertiary/aromatic N) is 1. The molecule has 1 amide bonds. The number of nitrogens with two attached hydrogens (primary N) is 1. The number of rotatable bonds is 9. The SMILES string of the molecule is CC(C)(C[C@H]1C2O[Si](C(C)(C)C)(C(C)(C)C)OC[C@H]2O[C@H]1c1cn(CCC(=O)NCCN)c(=O)[nH]c1=O)[Si](C)(C)O. The van der Waals surface area contributed by atoms with Crippen LogP contribution in [0.4, 0.5) is 0 Å². The van der Waals surface area contributed by atoms with Crippen molar-refractivity contribution in [3.63, 3.8) is 0 Å². The number of carbonyl (C=O) groups excluding carboxylic acids is 1. The molecule has 41 heavy (non-hydrogen) atoms. The third-order valence-electron chi connectivity index (χ3n) is 9.02. The summed E-state index contributed by atoms with van der Waals surface area (Å²) in [5.74, 6) is -0.501. The highest BCUT2D eigenvalue weighted by Crippen LogP contribution is 2.58. The van der Waals surface area contributed by atoms with Crippen LogP contribution in [0.3, 0.4) is 0 Å². The van der Waals surface area contributed by atoms with E-state index in [4.69, 9.17) is 19.3 Å². The predicted molar refractivity (Wildman–Crippen MR) is 163 cm³/mol. The number of hydrogen-bond donors (Lipinski definition) is 4. The van der Waals surface area contributed by atoms with Crippen LogP contribution in [0.15, 0.2) is 15.8 Å². The van der Waals surface area contributed by atoms with Crippen molar-refractivity contribution in [3.05, 3.63) is 32.6 Å². The molecule has 2 aliphatic rings. The molecule has 3 heterocycles. The van der Waals surface area contributed by atoms with Crippen LogP contribution in [0.5, 0.6) is 0 Å². The quantitative estimate of drug-likeness (QED) is 0.310. The fourth-order valence-electron chi connectivity index (χ4n) is 6.23. The van der Waals surface area contributed by atoms with Gasteiger partial charge >= 0.3 is 14.3 Å². The zero-order valence-electron chi connectivity index (χ0n) is 26.6. The lowest BCUT2D eigenvalue weighted by Crippen LogP contribution is -2.65. The van der Waals surface area contributed by atoms with Crippen LogP contribution in [0.2, 0.25) is 28.2 Å². The number of carbonyl (C=O) groups is 1. The molecule has 0 bridgehead atoms. The molecule has 3 rings (SSSR count). The van der Waals surface area contributed by atoms with Crippen LogP contribution in [-0.4, -0.2) is 69.0 Å². The van der Waals surface area contributed by atoms with Crippen molar-refractivity contribution in [1.29, 1.82) is 0 Å². The van der Waals surface area contributed by atoms with Crippen molar-refractivity contribution >= 4 is 22.8 Å². The zero-order valence-corrected chi connectivity index (χ0v) is 28.6.